The molecule has 106 valence electrons. The van der Waals surface area contributed by atoms with Crippen LogP contribution in [-0.2, 0) is 0 Å². The normalized spacial score (nSPS) is 48.6. The fourth-order valence-corrected chi connectivity index (χ4v) is 5.64. The van der Waals surface area contributed by atoms with E-state index in [9.17, 15) is 5.21 Å². The third-order valence-corrected chi connectivity index (χ3v) is 6.40. The number of likely N-dealkylation sites (tertiary alicyclic amines) is 1. The first-order valence-electron chi connectivity index (χ1n) is 8.36. The van der Waals surface area contributed by atoms with Gasteiger partial charge in [0.15, 0.2) is 0 Å². The Bertz CT molecular complexity index is 379. The second kappa shape index (κ2) is 4.76. The van der Waals surface area contributed by atoms with Crippen LogP contribution < -0.4 is 0 Å². The molecule has 0 unspecified atom stereocenters. The molecule has 2 bridgehead atoms. The largest absolute Gasteiger partial charge is 0.411 e. The molecule has 0 radical (unpaired) electrons. The lowest BCUT2D eigenvalue weighted by Gasteiger charge is -2.48. The van der Waals surface area contributed by atoms with Gasteiger partial charge in [0, 0.05) is 12.0 Å². The van der Waals surface area contributed by atoms with Gasteiger partial charge in [0.05, 0.1) is 11.8 Å². The zero-order valence-electron chi connectivity index (χ0n) is 11.8. The Kier molecular flexibility index (Phi) is 3.06. The van der Waals surface area contributed by atoms with E-state index in [0.717, 1.165) is 23.6 Å². The Balaban J connectivity index is 1.60. The predicted molar refractivity (Wildman–Crippen MR) is 75.5 cm³/mol. The van der Waals surface area contributed by atoms with Crippen LogP contribution in [0.15, 0.2) is 5.16 Å². The molecule has 4 aliphatic rings. The van der Waals surface area contributed by atoms with Crippen molar-refractivity contribution in [3.05, 3.63) is 0 Å². The van der Waals surface area contributed by atoms with E-state index < -0.39 is 0 Å². The molecule has 3 aliphatic carbocycles. The maximum atomic E-state index is 9.45. The second-order valence-corrected chi connectivity index (χ2v) is 7.23. The van der Waals surface area contributed by atoms with Crippen LogP contribution in [0.2, 0.25) is 0 Å². The lowest BCUT2D eigenvalue weighted by Crippen LogP contribution is -2.55. The molecular weight excluding hydrogens is 236 g/mol. The van der Waals surface area contributed by atoms with Crippen LogP contribution >= 0.6 is 0 Å². The molecule has 0 spiro atoms. The standard InChI is InChI=1S/C16H26N2O/c19-17-15-12-7-8-13(10-12)16(15)18-9-3-5-11-4-1-2-6-14(11)18/h11-14,16,19H,1-10H2/b17-15-/t11-,12-,13+,14-,16+/m0/s1. The maximum absolute atomic E-state index is 9.45. The quantitative estimate of drug-likeness (QED) is 0.581. The van der Waals surface area contributed by atoms with Crippen molar-refractivity contribution in [3.8, 4) is 0 Å². The molecule has 0 aromatic rings. The average molecular weight is 262 g/mol. The maximum Gasteiger partial charge on any atom is 0.0775 e. The van der Waals surface area contributed by atoms with Gasteiger partial charge in [0.1, 0.15) is 0 Å². The van der Waals surface area contributed by atoms with E-state index in [-0.39, 0.29) is 0 Å². The minimum Gasteiger partial charge on any atom is -0.411 e. The monoisotopic (exact) mass is 262 g/mol. The van der Waals surface area contributed by atoms with Crippen molar-refractivity contribution in [1.82, 2.24) is 4.90 Å². The van der Waals surface area contributed by atoms with Crippen molar-refractivity contribution in [2.24, 2.45) is 22.9 Å². The molecule has 4 fully saturated rings. The van der Waals surface area contributed by atoms with Gasteiger partial charge in [-0.25, -0.2) is 0 Å². The minimum absolute atomic E-state index is 0.495. The third-order valence-electron chi connectivity index (χ3n) is 6.40. The summed E-state index contributed by atoms with van der Waals surface area (Å²) in [5.41, 5.74) is 1.14. The summed E-state index contributed by atoms with van der Waals surface area (Å²) in [7, 11) is 0. The Labute approximate surface area is 116 Å². The smallest absolute Gasteiger partial charge is 0.0775 e. The third kappa shape index (κ3) is 1.84. The summed E-state index contributed by atoms with van der Waals surface area (Å²) >= 11 is 0. The van der Waals surface area contributed by atoms with Gasteiger partial charge in [-0.05, 0) is 63.3 Å². The van der Waals surface area contributed by atoms with Crippen LogP contribution in [0.4, 0.5) is 0 Å². The predicted octanol–water partition coefficient (Wildman–Crippen LogP) is 3.27. The van der Waals surface area contributed by atoms with Crippen molar-refractivity contribution >= 4 is 5.71 Å². The Morgan fingerprint density at radius 1 is 0.947 bits per heavy atom. The van der Waals surface area contributed by atoms with Gasteiger partial charge < -0.3 is 5.21 Å². The highest BCUT2D eigenvalue weighted by Crippen LogP contribution is 2.48. The zero-order valence-corrected chi connectivity index (χ0v) is 11.8. The molecule has 0 aromatic carbocycles. The SMILES string of the molecule is O/N=C1/[C@H]2CC[C@H](C2)[C@H]1N1CCC[C@@H]2CCCC[C@@H]21. The number of rotatable bonds is 1. The highest BCUT2D eigenvalue weighted by molar-refractivity contribution is 5.94. The van der Waals surface area contributed by atoms with E-state index in [0.29, 0.717) is 12.0 Å². The van der Waals surface area contributed by atoms with Crippen LogP contribution in [0.1, 0.15) is 57.8 Å². The number of hydrogen-bond acceptors (Lipinski definition) is 3. The summed E-state index contributed by atoms with van der Waals surface area (Å²) in [6.45, 7) is 1.24. The Morgan fingerprint density at radius 2 is 1.79 bits per heavy atom. The van der Waals surface area contributed by atoms with Crippen molar-refractivity contribution in [3.63, 3.8) is 0 Å². The molecule has 4 rings (SSSR count). The molecule has 5 atom stereocenters. The number of fused-ring (bicyclic) bond motifs is 3. The number of hydrogen-bond donors (Lipinski definition) is 1. The number of nitrogens with zero attached hydrogens (tertiary/aromatic N) is 2. The Hall–Kier alpha value is -0.570. The molecule has 0 aromatic heterocycles. The van der Waals surface area contributed by atoms with Crippen molar-refractivity contribution < 1.29 is 5.21 Å². The van der Waals surface area contributed by atoms with E-state index in [1.165, 1.54) is 64.3 Å². The summed E-state index contributed by atoms with van der Waals surface area (Å²) in [5.74, 6) is 2.32. The molecule has 1 heterocycles. The molecule has 3 nitrogen and oxygen atoms in total. The van der Waals surface area contributed by atoms with Gasteiger partial charge in [0.25, 0.3) is 0 Å². The van der Waals surface area contributed by atoms with Crippen molar-refractivity contribution in [2.75, 3.05) is 6.54 Å². The molecular formula is C16H26N2O. The van der Waals surface area contributed by atoms with Crippen molar-refractivity contribution in [2.45, 2.75) is 69.9 Å². The van der Waals surface area contributed by atoms with E-state index in [1.54, 1.807) is 0 Å². The summed E-state index contributed by atoms with van der Waals surface area (Å²) in [6, 6.07) is 1.29. The fourth-order valence-electron chi connectivity index (χ4n) is 5.64. The topological polar surface area (TPSA) is 35.8 Å². The summed E-state index contributed by atoms with van der Waals surface area (Å²) in [6.07, 6.45) is 12.4. The summed E-state index contributed by atoms with van der Waals surface area (Å²) < 4.78 is 0. The van der Waals surface area contributed by atoms with E-state index in [2.05, 4.69) is 10.1 Å². The number of oxime groups is 1. The van der Waals surface area contributed by atoms with Gasteiger partial charge in [-0.1, -0.05) is 18.0 Å². The fraction of sp³-hybridized carbons (Fsp3) is 0.938. The van der Waals surface area contributed by atoms with Crippen LogP contribution in [0.3, 0.4) is 0 Å². The summed E-state index contributed by atoms with van der Waals surface area (Å²) in [4.78, 5) is 2.77. The second-order valence-electron chi connectivity index (χ2n) is 7.23. The van der Waals surface area contributed by atoms with Crippen LogP contribution in [-0.4, -0.2) is 34.4 Å². The molecule has 1 saturated heterocycles. The van der Waals surface area contributed by atoms with Crippen LogP contribution in [0.25, 0.3) is 0 Å². The van der Waals surface area contributed by atoms with Gasteiger partial charge in [-0.3, -0.25) is 4.90 Å². The highest BCUT2D eigenvalue weighted by Gasteiger charge is 2.50. The molecule has 19 heavy (non-hydrogen) atoms. The van der Waals surface area contributed by atoms with Gasteiger partial charge >= 0.3 is 0 Å². The average Bonchev–Trinajstić information content (AvgIpc) is 3.07. The van der Waals surface area contributed by atoms with E-state index in [1.807, 2.05) is 0 Å². The van der Waals surface area contributed by atoms with E-state index in [4.69, 9.17) is 0 Å². The minimum atomic E-state index is 0.495. The van der Waals surface area contributed by atoms with Crippen molar-refractivity contribution in [1.29, 1.82) is 0 Å². The first kappa shape index (κ1) is 12.2. The lowest BCUT2D eigenvalue weighted by atomic mass is 9.76. The Morgan fingerprint density at radius 3 is 2.68 bits per heavy atom. The van der Waals surface area contributed by atoms with Crippen LogP contribution in [0.5, 0.6) is 0 Å². The first-order chi connectivity index (χ1) is 9.38. The zero-order chi connectivity index (χ0) is 12.8. The van der Waals surface area contributed by atoms with Gasteiger partial charge in [-0.2, -0.15) is 0 Å². The summed E-state index contributed by atoms with van der Waals surface area (Å²) in [5, 5.41) is 13.2. The van der Waals surface area contributed by atoms with Gasteiger partial charge in [-0.15, -0.1) is 0 Å². The van der Waals surface area contributed by atoms with E-state index >= 15 is 0 Å². The molecule has 3 heteroatoms. The lowest BCUT2D eigenvalue weighted by molar-refractivity contribution is 0.0305. The molecule has 0 amide bonds. The first-order valence-corrected chi connectivity index (χ1v) is 8.36. The number of piperidine rings is 1. The van der Waals surface area contributed by atoms with Crippen LogP contribution in [0, 0.1) is 17.8 Å². The molecule has 1 aliphatic heterocycles. The highest BCUT2D eigenvalue weighted by atomic mass is 16.4. The van der Waals surface area contributed by atoms with Gasteiger partial charge in [0.2, 0.25) is 0 Å². The molecule has 3 saturated carbocycles. The molecule has 1 N–H and O–H groups in total.